The average Bonchev–Trinajstić information content (AvgIpc) is 2.35. The molecular formula is C12H13F3N2O3S. The third-order valence-electron chi connectivity index (χ3n) is 2.30. The third-order valence-corrected chi connectivity index (χ3v) is 3.68. The minimum atomic E-state index is -4.37. The fraction of sp³-hybridized carbons (Fsp3) is 0.417. The Balaban J connectivity index is 2.53. The summed E-state index contributed by atoms with van der Waals surface area (Å²) in [4.78, 5) is 0. The van der Waals surface area contributed by atoms with Gasteiger partial charge in [-0.05, 0) is 30.7 Å². The zero-order valence-electron chi connectivity index (χ0n) is 10.9. The Labute approximate surface area is 120 Å². The zero-order valence-corrected chi connectivity index (χ0v) is 11.7. The molecule has 0 saturated heterocycles. The Morgan fingerprint density at radius 2 is 1.86 bits per heavy atom. The van der Waals surface area contributed by atoms with Gasteiger partial charge >= 0.3 is 6.18 Å². The maximum atomic E-state index is 12.0. The summed E-state index contributed by atoms with van der Waals surface area (Å²) >= 11 is 0. The lowest BCUT2D eigenvalue weighted by Gasteiger charge is -2.10. The highest BCUT2D eigenvalue weighted by atomic mass is 32.2. The quantitative estimate of drug-likeness (QED) is 0.837. The van der Waals surface area contributed by atoms with Crippen molar-refractivity contribution in [2.45, 2.75) is 19.0 Å². The maximum Gasteiger partial charge on any atom is 0.389 e. The standard InChI is InChI=1S/C12H13F3N2O3S/c13-12(14,15)6-1-9-21(18,19)17-10-2-4-11(5-3-10)20-8-7-16/h2-5,17H,1,6,8-9H2. The molecule has 0 aromatic heterocycles. The van der Waals surface area contributed by atoms with Gasteiger partial charge in [0.1, 0.15) is 11.8 Å². The number of hydrogen-bond donors (Lipinski definition) is 1. The monoisotopic (exact) mass is 322 g/mol. The van der Waals surface area contributed by atoms with E-state index in [4.69, 9.17) is 10.00 Å². The molecule has 116 valence electrons. The van der Waals surface area contributed by atoms with Crippen LogP contribution >= 0.6 is 0 Å². The van der Waals surface area contributed by atoms with Crippen LogP contribution in [-0.4, -0.2) is 27.0 Å². The minimum Gasteiger partial charge on any atom is -0.479 e. The first-order valence-corrected chi connectivity index (χ1v) is 7.54. The molecule has 9 heteroatoms. The summed E-state index contributed by atoms with van der Waals surface area (Å²) in [7, 11) is -3.83. The summed E-state index contributed by atoms with van der Waals surface area (Å²) in [5.74, 6) is -0.226. The number of nitrogens with one attached hydrogen (secondary N) is 1. The van der Waals surface area contributed by atoms with Crippen LogP contribution in [0.5, 0.6) is 5.75 Å². The number of nitriles is 1. The number of nitrogens with zero attached hydrogens (tertiary/aromatic N) is 1. The predicted molar refractivity (Wildman–Crippen MR) is 70.2 cm³/mol. The van der Waals surface area contributed by atoms with E-state index in [1.807, 2.05) is 0 Å². The van der Waals surface area contributed by atoms with Crippen molar-refractivity contribution >= 4 is 15.7 Å². The van der Waals surface area contributed by atoms with Crippen molar-refractivity contribution in [2.24, 2.45) is 0 Å². The molecule has 0 spiro atoms. The third kappa shape index (κ3) is 7.41. The molecule has 0 radical (unpaired) electrons. The van der Waals surface area contributed by atoms with E-state index >= 15 is 0 Å². The summed E-state index contributed by atoms with van der Waals surface area (Å²) in [5.41, 5.74) is 0.214. The molecule has 0 aliphatic rings. The van der Waals surface area contributed by atoms with Gasteiger partial charge in [0, 0.05) is 12.1 Å². The second kappa shape index (κ2) is 7.17. The van der Waals surface area contributed by atoms with Crippen molar-refractivity contribution in [3.63, 3.8) is 0 Å². The van der Waals surface area contributed by atoms with Crippen LogP contribution in [0.25, 0.3) is 0 Å². The number of rotatable bonds is 7. The van der Waals surface area contributed by atoms with Crippen LogP contribution in [0, 0.1) is 11.3 Å². The largest absolute Gasteiger partial charge is 0.479 e. The Morgan fingerprint density at radius 3 is 2.38 bits per heavy atom. The van der Waals surface area contributed by atoms with Gasteiger partial charge in [-0.3, -0.25) is 4.72 Å². The van der Waals surface area contributed by atoms with Crippen LogP contribution in [0.1, 0.15) is 12.8 Å². The van der Waals surface area contributed by atoms with Crippen molar-refractivity contribution in [3.05, 3.63) is 24.3 Å². The van der Waals surface area contributed by atoms with E-state index in [0.29, 0.717) is 5.75 Å². The normalized spacial score (nSPS) is 11.7. The van der Waals surface area contributed by atoms with E-state index in [9.17, 15) is 21.6 Å². The summed E-state index contributed by atoms with van der Waals surface area (Å²) in [5, 5.41) is 8.33. The van der Waals surface area contributed by atoms with Crippen LogP contribution in [-0.2, 0) is 10.0 Å². The van der Waals surface area contributed by atoms with Gasteiger partial charge in [-0.15, -0.1) is 0 Å². The fourth-order valence-electron chi connectivity index (χ4n) is 1.43. The van der Waals surface area contributed by atoms with Gasteiger partial charge in [-0.2, -0.15) is 18.4 Å². The van der Waals surface area contributed by atoms with Crippen LogP contribution < -0.4 is 9.46 Å². The van der Waals surface area contributed by atoms with Gasteiger partial charge in [0.25, 0.3) is 0 Å². The number of halogens is 3. The molecule has 0 bridgehead atoms. The van der Waals surface area contributed by atoms with Gasteiger partial charge in [-0.25, -0.2) is 8.42 Å². The van der Waals surface area contributed by atoms with Crippen molar-refractivity contribution in [3.8, 4) is 11.8 Å². The molecule has 1 aromatic rings. The molecule has 1 rings (SSSR count). The summed E-state index contributed by atoms with van der Waals surface area (Å²) in [6.45, 7) is -0.136. The highest BCUT2D eigenvalue weighted by Crippen LogP contribution is 2.22. The van der Waals surface area contributed by atoms with Gasteiger partial charge < -0.3 is 4.74 Å². The van der Waals surface area contributed by atoms with Gasteiger partial charge in [-0.1, -0.05) is 0 Å². The van der Waals surface area contributed by atoms with E-state index in [2.05, 4.69) is 4.72 Å². The topological polar surface area (TPSA) is 79.2 Å². The molecule has 0 unspecified atom stereocenters. The maximum absolute atomic E-state index is 12.0. The first-order chi connectivity index (χ1) is 9.72. The Bertz CT molecular complexity index is 592. The second-order valence-electron chi connectivity index (χ2n) is 4.11. The Hall–Kier alpha value is -1.95. The Morgan fingerprint density at radius 1 is 1.24 bits per heavy atom. The molecular weight excluding hydrogens is 309 g/mol. The molecule has 0 saturated carbocycles. The molecule has 0 heterocycles. The van der Waals surface area contributed by atoms with Gasteiger partial charge in [0.15, 0.2) is 6.61 Å². The highest BCUT2D eigenvalue weighted by molar-refractivity contribution is 7.92. The lowest BCUT2D eigenvalue weighted by atomic mass is 10.3. The molecule has 5 nitrogen and oxygen atoms in total. The van der Waals surface area contributed by atoms with Crippen LogP contribution in [0.15, 0.2) is 24.3 Å². The molecule has 21 heavy (non-hydrogen) atoms. The van der Waals surface area contributed by atoms with Crippen molar-refractivity contribution in [1.29, 1.82) is 5.26 Å². The molecule has 1 aromatic carbocycles. The number of benzene rings is 1. The van der Waals surface area contributed by atoms with Crippen LogP contribution in [0.2, 0.25) is 0 Å². The van der Waals surface area contributed by atoms with Gasteiger partial charge in [0.2, 0.25) is 10.0 Å². The molecule has 0 amide bonds. The minimum absolute atomic E-state index is 0.136. The van der Waals surface area contributed by atoms with E-state index in [-0.39, 0.29) is 12.3 Å². The summed E-state index contributed by atoms with van der Waals surface area (Å²) in [6, 6.07) is 7.47. The number of sulfonamides is 1. The van der Waals surface area contributed by atoms with Crippen molar-refractivity contribution in [1.82, 2.24) is 0 Å². The SMILES string of the molecule is N#CCOc1ccc(NS(=O)(=O)CCCC(F)(F)F)cc1. The fourth-order valence-corrected chi connectivity index (χ4v) is 2.55. The van der Waals surface area contributed by atoms with E-state index < -0.39 is 34.8 Å². The lowest BCUT2D eigenvalue weighted by molar-refractivity contribution is -0.134. The van der Waals surface area contributed by atoms with Crippen LogP contribution in [0.4, 0.5) is 18.9 Å². The number of anilines is 1. The van der Waals surface area contributed by atoms with Crippen molar-refractivity contribution < 1.29 is 26.3 Å². The number of hydrogen-bond acceptors (Lipinski definition) is 4. The smallest absolute Gasteiger partial charge is 0.389 e. The van der Waals surface area contributed by atoms with Crippen molar-refractivity contribution in [2.75, 3.05) is 17.1 Å². The Kier molecular flexibility index (Phi) is 5.84. The predicted octanol–water partition coefficient (Wildman–Crippen LogP) is 2.67. The van der Waals surface area contributed by atoms with E-state index in [1.54, 1.807) is 6.07 Å². The zero-order chi connectivity index (χ0) is 15.9. The molecule has 0 aliphatic carbocycles. The van der Waals surface area contributed by atoms with Gasteiger partial charge in [0.05, 0.1) is 5.75 Å². The molecule has 0 atom stereocenters. The first kappa shape index (κ1) is 17.1. The molecule has 0 fully saturated rings. The number of alkyl halides is 3. The first-order valence-electron chi connectivity index (χ1n) is 5.89. The number of ether oxygens (including phenoxy) is 1. The summed E-state index contributed by atoms with van der Waals surface area (Å²) < 4.78 is 66.2. The second-order valence-corrected chi connectivity index (χ2v) is 5.95. The summed E-state index contributed by atoms with van der Waals surface area (Å²) in [6.07, 6.45) is -6.01. The molecule has 1 N–H and O–H groups in total. The highest BCUT2D eigenvalue weighted by Gasteiger charge is 2.27. The molecule has 0 aliphatic heterocycles. The van der Waals surface area contributed by atoms with E-state index in [1.165, 1.54) is 24.3 Å². The lowest BCUT2D eigenvalue weighted by Crippen LogP contribution is -2.18. The van der Waals surface area contributed by atoms with Crippen LogP contribution in [0.3, 0.4) is 0 Å². The average molecular weight is 322 g/mol. The van der Waals surface area contributed by atoms with E-state index in [0.717, 1.165) is 0 Å².